The Morgan fingerprint density at radius 1 is 1.57 bits per heavy atom. The van der Waals surface area contributed by atoms with Crippen molar-refractivity contribution in [3.05, 3.63) is 0 Å². The third kappa shape index (κ3) is 4.07. The summed E-state index contributed by atoms with van der Waals surface area (Å²) < 4.78 is 5.19. The van der Waals surface area contributed by atoms with Gasteiger partial charge < -0.3 is 15.2 Å². The summed E-state index contributed by atoms with van der Waals surface area (Å²) in [5, 5.41) is 11.8. The van der Waals surface area contributed by atoms with E-state index < -0.39 is 5.97 Å². The molecule has 0 amide bonds. The molecule has 0 bridgehead atoms. The first kappa shape index (κ1) is 13.4. The van der Waals surface area contributed by atoms with Crippen molar-refractivity contribution >= 4 is 5.97 Å². The van der Waals surface area contributed by atoms with Gasteiger partial charge in [-0.05, 0) is 13.0 Å². The lowest BCUT2D eigenvalue weighted by molar-refractivity contribution is -0.140. The first-order valence-corrected chi connectivity index (χ1v) is 4.98. The van der Waals surface area contributed by atoms with Gasteiger partial charge in [0.15, 0.2) is 0 Å². The van der Waals surface area contributed by atoms with Crippen molar-refractivity contribution in [2.45, 2.75) is 38.8 Å². The number of methoxy groups -OCH3 is 1. The van der Waals surface area contributed by atoms with Crippen LogP contribution >= 0.6 is 0 Å². The Morgan fingerprint density at radius 2 is 2.14 bits per heavy atom. The molecule has 4 heteroatoms. The summed E-state index contributed by atoms with van der Waals surface area (Å²) in [4.78, 5) is 10.6. The van der Waals surface area contributed by atoms with Crippen LogP contribution in [-0.4, -0.2) is 37.4 Å². The van der Waals surface area contributed by atoms with Gasteiger partial charge in [-0.25, -0.2) is 0 Å². The summed E-state index contributed by atoms with van der Waals surface area (Å²) in [6, 6.07) is 0.0982. The van der Waals surface area contributed by atoms with Crippen LogP contribution in [0.1, 0.15) is 26.7 Å². The molecule has 0 aliphatic heterocycles. The highest BCUT2D eigenvalue weighted by Crippen LogP contribution is 2.15. The molecule has 0 saturated carbocycles. The fourth-order valence-electron chi connectivity index (χ4n) is 1.62. The number of hydrogen-bond donors (Lipinski definition) is 2. The zero-order valence-corrected chi connectivity index (χ0v) is 9.41. The molecule has 84 valence electrons. The summed E-state index contributed by atoms with van der Waals surface area (Å²) in [6.07, 6.45) is 0.796. The molecule has 14 heavy (non-hydrogen) atoms. The molecule has 2 N–H and O–H groups in total. The third-order valence-electron chi connectivity index (χ3n) is 2.67. The molecule has 0 aliphatic rings. The lowest BCUT2D eigenvalue weighted by Crippen LogP contribution is -2.44. The molecule has 0 heterocycles. The van der Waals surface area contributed by atoms with Crippen molar-refractivity contribution in [3.8, 4) is 0 Å². The van der Waals surface area contributed by atoms with Gasteiger partial charge in [0, 0.05) is 13.2 Å². The van der Waals surface area contributed by atoms with Gasteiger partial charge in [0.05, 0.1) is 12.5 Å². The third-order valence-corrected chi connectivity index (χ3v) is 2.67. The smallest absolute Gasteiger partial charge is 0.306 e. The van der Waals surface area contributed by atoms with Crippen LogP contribution in [-0.2, 0) is 9.53 Å². The van der Waals surface area contributed by atoms with E-state index in [9.17, 15) is 4.79 Å². The Balaban J connectivity index is 4.35. The van der Waals surface area contributed by atoms with E-state index in [1.54, 1.807) is 7.11 Å². The van der Waals surface area contributed by atoms with E-state index in [-0.39, 0.29) is 18.6 Å². The maximum Gasteiger partial charge on any atom is 0.306 e. The van der Waals surface area contributed by atoms with Gasteiger partial charge in [-0.15, -0.1) is 0 Å². The average molecular weight is 203 g/mol. The number of hydrogen-bond acceptors (Lipinski definition) is 3. The van der Waals surface area contributed by atoms with E-state index in [1.807, 2.05) is 7.05 Å². The second kappa shape index (κ2) is 6.79. The molecule has 0 aromatic rings. The molecule has 0 unspecified atom stereocenters. The van der Waals surface area contributed by atoms with E-state index in [1.165, 1.54) is 0 Å². The molecule has 4 nitrogen and oxygen atoms in total. The molecule has 0 spiro atoms. The van der Waals surface area contributed by atoms with E-state index in [2.05, 4.69) is 19.2 Å². The lowest BCUT2D eigenvalue weighted by Gasteiger charge is -2.29. The minimum Gasteiger partial charge on any atom is -0.481 e. The van der Waals surface area contributed by atoms with E-state index >= 15 is 0 Å². The highest BCUT2D eigenvalue weighted by Gasteiger charge is 2.26. The monoisotopic (exact) mass is 203 g/mol. The Hall–Kier alpha value is -0.610. The summed E-state index contributed by atoms with van der Waals surface area (Å²) in [7, 11) is 3.39. The van der Waals surface area contributed by atoms with Gasteiger partial charge in [-0.1, -0.05) is 20.3 Å². The number of rotatable bonds is 7. The Bertz CT molecular complexity index is 173. The van der Waals surface area contributed by atoms with Crippen LogP contribution in [0.4, 0.5) is 0 Å². The number of likely N-dealkylation sites (N-methyl/N-ethyl adjacent to an activating group) is 1. The maximum absolute atomic E-state index is 10.6. The van der Waals surface area contributed by atoms with Crippen molar-refractivity contribution in [2.24, 2.45) is 5.92 Å². The first-order valence-electron chi connectivity index (χ1n) is 4.98. The minimum atomic E-state index is -0.819. The number of aliphatic carboxylic acids is 1. The Morgan fingerprint density at radius 3 is 2.43 bits per heavy atom. The summed E-state index contributed by atoms with van der Waals surface area (Å²) in [5.74, 6) is -0.412. The van der Waals surface area contributed by atoms with Crippen molar-refractivity contribution in [1.29, 1.82) is 0 Å². The largest absolute Gasteiger partial charge is 0.481 e. The summed E-state index contributed by atoms with van der Waals surface area (Å²) in [5.41, 5.74) is 0. The lowest BCUT2D eigenvalue weighted by atomic mass is 9.93. The second-order valence-electron chi connectivity index (χ2n) is 3.57. The predicted molar refractivity (Wildman–Crippen MR) is 55.4 cm³/mol. The van der Waals surface area contributed by atoms with Crippen LogP contribution in [0.15, 0.2) is 0 Å². The van der Waals surface area contributed by atoms with E-state index in [4.69, 9.17) is 9.84 Å². The first-order chi connectivity index (χ1) is 6.56. The summed E-state index contributed by atoms with van der Waals surface area (Å²) in [6.45, 7) is 4.18. The van der Waals surface area contributed by atoms with Crippen LogP contribution in [0.5, 0.6) is 0 Å². The van der Waals surface area contributed by atoms with Gasteiger partial charge in [-0.3, -0.25) is 4.79 Å². The molecule has 0 aliphatic carbocycles. The number of carboxylic acids is 1. The fourth-order valence-corrected chi connectivity index (χ4v) is 1.62. The zero-order chi connectivity index (χ0) is 11.1. The van der Waals surface area contributed by atoms with E-state index in [0.29, 0.717) is 5.92 Å². The Labute approximate surface area is 85.6 Å². The van der Waals surface area contributed by atoms with Crippen LogP contribution in [0, 0.1) is 5.92 Å². The quantitative estimate of drug-likeness (QED) is 0.650. The van der Waals surface area contributed by atoms with Gasteiger partial charge >= 0.3 is 5.97 Å². The van der Waals surface area contributed by atoms with Crippen LogP contribution < -0.4 is 5.32 Å². The predicted octanol–water partition coefficient (Wildman–Crippen LogP) is 1.11. The standard InChI is InChI=1S/C10H21NO3/c1-5-7(2)10(11-3)8(14-4)6-9(12)13/h7-8,10-11H,5-6H2,1-4H3,(H,12,13)/t7-,8-,10+/m1/s1. The van der Waals surface area contributed by atoms with Crippen LogP contribution in [0.25, 0.3) is 0 Å². The average Bonchev–Trinajstić information content (AvgIpc) is 2.16. The molecule has 0 saturated heterocycles. The van der Waals surface area contributed by atoms with Crippen molar-refractivity contribution < 1.29 is 14.6 Å². The fraction of sp³-hybridized carbons (Fsp3) is 0.900. The zero-order valence-electron chi connectivity index (χ0n) is 9.41. The van der Waals surface area contributed by atoms with Gasteiger partial charge in [-0.2, -0.15) is 0 Å². The molecular weight excluding hydrogens is 182 g/mol. The van der Waals surface area contributed by atoms with Gasteiger partial charge in [0.1, 0.15) is 0 Å². The molecule has 0 aromatic heterocycles. The van der Waals surface area contributed by atoms with Crippen molar-refractivity contribution in [3.63, 3.8) is 0 Å². The normalized spacial score (nSPS) is 17.4. The van der Waals surface area contributed by atoms with E-state index in [0.717, 1.165) is 6.42 Å². The highest BCUT2D eigenvalue weighted by atomic mass is 16.5. The molecule has 3 atom stereocenters. The molecule has 0 rings (SSSR count). The molecule has 0 fully saturated rings. The molecule has 0 radical (unpaired) electrons. The van der Waals surface area contributed by atoms with Gasteiger partial charge in [0.2, 0.25) is 0 Å². The number of carbonyl (C=O) groups is 1. The Kier molecular flexibility index (Phi) is 6.49. The second-order valence-corrected chi connectivity index (χ2v) is 3.57. The molecular formula is C10H21NO3. The SMILES string of the molecule is CC[C@@H](C)[C@H](NC)[C@@H](CC(=O)O)OC. The number of nitrogens with one attached hydrogen (secondary N) is 1. The van der Waals surface area contributed by atoms with Crippen LogP contribution in [0.2, 0.25) is 0 Å². The summed E-state index contributed by atoms with van der Waals surface area (Å²) >= 11 is 0. The van der Waals surface area contributed by atoms with Crippen molar-refractivity contribution in [1.82, 2.24) is 5.32 Å². The van der Waals surface area contributed by atoms with Crippen LogP contribution in [0.3, 0.4) is 0 Å². The number of carboxylic acid groups (broad SMARTS) is 1. The van der Waals surface area contributed by atoms with Gasteiger partial charge in [0.25, 0.3) is 0 Å². The molecule has 0 aromatic carbocycles. The minimum absolute atomic E-state index is 0.0480. The maximum atomic E-state index is 10.6. The highest BCUT2D eigenvalue weighted by molar-refractivity contribution is 5.67. The van der Waals surface area contributed by atoms with Crippen molar-refractivity contribution in [2.75, 3.05) is 14.2 Å². The topological polar surface area (TPSA) is 58.6 Å². The number of ether oxygens (including phenoxy) is 1.